The van der Waals surface area contributed by atoms with Gasteiger partial charge in [0.25, 0.3) is 5.56 Å². The molecular weight excluding hydrogens is 375 g/mol. The number of anilines is 1. The zero-order valence-electron chi connectivity index (χ0n) is 15.5. The normalized spacial score (nSPS) is 10.8. The number of aromatic nitrogens is 3. The van der Waals surface area contributed by atoms with E-state index in [0.717, 1.165) is 15.6 Å². The highest BCUT2D eigenvalue weighted by Crippen LogP contribution is 2.28. The van der Waals surface area contributed by atoms with Crippen molar-refractivity contribution in [2.75, 3.05) is 12.4 Å². The Morgan fingerprint density at radius 3 is 2.90 bits per heavy atom. The number of benzene rings is 2. The first-order chi connectivity index (χ1) is 14.0. The van der Waals surface area contributed by atoms with Gasteiger partial charge in [-0.3, -0.25) is 9.59 Å². The Balaban J connectivity index is 1.61. The molecule has 0 saturated heterocycles. The van der Waals surface area contributed by atoms with E-state index in [1.54, 1.807) is 12.3 Å². The smallest absolute Gasteiger partial charge is 0.267 e. The highest BCUT2D eigenvalue weighted by Gasteiger charge is 2.13. The zero-order chi connectivity index (χ0) is 20.4. The molecule has 1 amide bonds. The number of rotatable bonds is 5. The van der Waals surface area contributed by atoms with Gasteiger partial charge in [0.15, 0.2) is 0 Å². The van der Waals surface area contributed by atoms with Crippen LogP contribution in [0.5, 0.6) is 5.75 Å². The van der Waals surface area contributed by atoms with E-state index in [0.29, 0.717) is 16.9 Å². The first-order valence-electron chi connectivity index (χ1n) is 8.83. The average molecular weight is 392 g/mol. The summed E-state index contributed by atoms with van der Waals surface area (Å²) in [6, 6.07) is 14.2. The number of hydrogen-bond donors (Lipinski definition) is 2. The average Bonchev–Trinajstić information content (AvgIpc) is 3.19. The fourth-order valence-electron chi connectivity index (χ4n) is 3.10. The number of H-pyrrole nitrogens is 1. The monoisotopic (exact) mass is 392 g/mol. The van der Waals surface area contributed by atoms with E-state index in [-0.39, 0.29) is 12.3 Å². The van der Waals surface area contributed by atoms with Gasteiger partial charge in [0.05, 0.1) is 18.5 Å². The second kappa shape index (κ2) is 7.59. The maximum Gasteiger partial charge on any atom is 0.267 e. The van der Waals surface area contributed by atoms with Crippen LogP contribution >= 0.6 is 0 Å². The first-order valence-corrected chi connectivity index (χ1v) is 8.83. The molecule has 4 rings (SSSR count). The third-order valence-electron chi connectivity index (χ3n) is 4.47. The van der Waals surface area contributed by atoms with Gasteiger partial charge in [-0.15, -0.1) is 0 Å². The van der Waals surface area contributed by atoms with Gasteiger partial charge >= 0.3 is 0 Å². The van der Waals surface area contributed by atoms with Crippen molar-refractivity contribution >= 4 is 22.5 Å². The van der Waals surface area contributed by atoms with Gasteiger partial charge in [-0.1, -0.05) is 6.07 Å². The molecular formula is C21H17FN4O3. The van der Waals surface area contributed by atoms with Gasteiger partial charge in [-0.25, -0.2) is 9.07 Å². The molecule has 0 aliphatic carbocycles. The van der Waals surface area contributed by atoms with Crippen LogP contribution < -0.4 is 15.6 Å². The van der Waals surface area contributed by atoms with Crippen molar-refractivity contribution in [1.29, 1.82) is 0 Å². The van der Waals surface area contributed by atoms with Crippen molar-refractivity contribution in [2.24, 2.45) is 0 Å². The summed E-state index contributed by atoms with van der Waals surface area (Å²) in [6.07, 6.45) is 1.78. The van der Waals surface area contributed by atoms with Crippen LogP contribution in [0.4, 0.5) is 10.1 Å². The quantitative estimate of drug-likeness (QED) is 0.546. The van der Waals surface area contributed by atoms with Gasteiger partial charge in [-0.2, -0.15) is 5.10 Å². The van der Waals surface area contributed by atoms with Gasteiger partial charge in [0, 0.05) is 34.8 Å². The van der Waals surface area contributed by atoms with E-state index in [1.165, 1.54) is 37.4 Å². The topological polar surface area (TPSA) is 89.0 Å². The fourth-order valence-corrected chi connectivity index (χ4v) is 3.10. The number of nitrogens with one attached hydrogen (secondary N) is 2. The van der Waals surface area contributed by atoms with E-state index in [1.807, 2.05) is 18.2 Å². The van der Waals surface area contributed by atoms with Crippen molar-refractivity contribution in [2.45, 2.75) is 6.54 Å². The minimum Gasteiger partial charge on any atom is -0.496 e. The maximum absolute atomic E-state index is 13.4. The van der Waals surface area contributed by atoms with Gasteiger partial charge in [-0.05, 0) is 36.4 Å². The SMILES string of the molecule is COc1cc(F)ccc1-c1ccc(=O)n(CC(=O)Nc2cccc3[nH]ccc23)n1. The highest BCUT2D eigenvalue weighted by atomic mass is 19.1. The highest BCUT2D eigenvalue weighted by molar-refractivity contribution is 6.01. The molecule has 0 fully saturated rings. The van der Waals surface area contributed by atoms with Crippen molar-refractivity contribution in [3.05, 3.63) is 77.0 Å². The van der Waals surface area contributed by atoms with E-state index in [2.05, 4.69) is 15.4 Å². The Morgan fingerprint density at radius 1 is 1.21 bits per heavy atom. The summed E-state index contributed by atoms with van der Waals surface area (Å²) in [4.78, 5) is 27.8. The third kappa shape index (κ3) is 3.73. The lowest BCUT2D eigenvalue weighted by Gasteiger charge is -2.11. The van der Waals surface area contributed by atoms with Crippen molar-refractivity contribution < 1.29 is 13.9 Å². The Bertz CT molecular complexity index is 1260. The van der Waals surface area contributed by atoms with Crippen LogP contribution in [0.1, 0.15) is 0 Å². The van der Waals surface area contributed by atoms with Crippen molar-refractivity contribution in [3.8, 4) is 17.0 Å². The molecule has 8 heteroatoms. The lowest BCUT2D eigenvalue weighted by Crippen LogP contribution is -2.29. The summed E-state index contributed by atoms with van der Waals surface area (Å²) >= 11 is 0. The molecule has 2 N–H and O–H groups in total. The van der Waals surface area contributed by atoms with Crippen LogP contribution in [-0.2, 0) is 11.3 Å². The summed E-state index contributed by atoms with van der Waals surface area (Å²) in [5.41, 5.74) is 2.01. The predicted octanol–water partition coefficient (Wildman–Crippen LogP) is 3.18. The van der Waals surface area contributed by atoms with Crippen molar-refractivity contribution in [3.63, 3.8) is 0 Å². The Kier molecular flexibility index (Phi) is 4.82. The van der Waals surface area contributed by atoms with Crippen LogP contribution in [0.2, 0.25) is 0 Å². The van der Waals surface area contributed by atoms with Crippen LogP contribution in [0.3, 0.4) is 0 Å². The lowest BCUT2D eigenvalue weighted by atomic mass is 10.1. The molecule has 2 heterocycles. The molecule has 7 nitrogen and oxygen atoms in total. The number of amides is 1. The summed E-state index contributed by atoms with van der Waals surface area (Å²) in [6.45, 7) is -0.267. The first kappa shape index (κ1) is 18.4. The number of fused-ring (bicyclic) bond motifs is 1. The summed E-state index contributed by atoms with van der Waals surface area (Å²) in [7, 11) is 1.42. The molecule has 0 aliphatic rings. The Morgan fingerprint density at radius 2 is 2.07 bits per heavy atom. The molecule has 2 aromatic carbocycles. The molecule has 0 radical (unpaired) electrons. The van der Waals surface area contributed by atoms with Gasteiger partial charge < -0.3 is 15.0 Å². The van der Waals surface area contributed by atoms with Crippen LogP contribution in [0.25, 0.3) is 22.2 Å². The fraction of sp³-hybridized carbons (Fsp3) is 0.0952. The molecule has 0 bridgehead atoms. The molecule has 146 valence electrons. The third-order valence-corrected chi connectivity index (χ3v) is 4.47. The largest absolute Gasteiger partial charge is 0.496 e. The van der Waals surface area contributed by atoms with Crippen LogP contribution in [0.15, 0.2) is 65.6 Å². The molecule has 4 aromatic rings. The molecule has 0 saturated carbocycles. The van der Waals surface area contributed by atoms with Crippen molar-refractivity contribution in [1.82, 2.24) is 14.8 Å². The minimum absolute atomic E-state index is 0.267. The number of carbonyl (C=O) groups is 1. The summed E-state index contributed by atoms with van der Waals surface area (Å²) in [5, 5.41) is 7.92. The number of aromatic amines is 1. The lowest BCUT2D eigenvalue weighted by molar-refractivity contribution is -0.117. The predicted molar refractivity (Wildman–Crippen MR) is 107 cm³/mol. The molecule has 2 aromatic heterocycles. The zero-order valence-corrected chi connectivity index (χ0v) is 15.5. The molecule has 29 heavy (non-hydrogen) atoms. The molecule has 0 atom stereocenters. The Labute approximate surface area is 164 Å². The molecule has 0 spiro atoms. The van der Waals surface area contributed by atoms with E-state index in [4.69, 9.17) is 4.74 Å². The summed E-state index contributed by atoms with van der Waals surface area (Å²) < 4.78 is 19.7. The number of methoxy groups -OCH3 is 1. The summed E-state index contributed by atoms with van der Waals surface area (Å²) in [5.74, 6) is -0.556. The number of ether oxygens (including phenoxy) is 1. The minimum atomic E-state index is -0.447. The van der Waals surface area contributed by atoms with Crippen LogP contribution in [-0.4, -0.2) is 27.8 Å². The number of halogens is 1. The van der Waals surface area contributed by atoms with E-state index in [9.17, 15) is 14.0 Å². The maximum atomic E-state index is 13.4. The van der Waals surface area contributed by atoms with Gasteiger partial charge in [0.2, 0.25) is 5.91 Å². The Hall–Kier alpha value is -3.94. The second-order valence-corrected chi connectivity index (χ2v) is 6.35. The standard InChI is InChI=1S/C21H17FN4O3/c1-29-19-11-13(22)5-6-15(19)18-7-8-21(28)26(25-18)12-20(27)24-17-4-2-3-16-14(17)9-10-23-16/h2-11,23H,12H2,1H3,(H,24,27). The van der Waals surface area contributed by atoms with Gasteiger partial charge in [0.1, 0.15) is 18.1 Å². The molecule has 0 unspecified atom stereocenters. The van der Waals surface area contributed by atoms with Crippen LogP contribution in [0, 0.1) is 5.82 Å². The van der Waals surface area contributed by atoms with E-state index >= 15 is 0 Å². The number of nitrogens with zero attached hydrogens (tertiary/aromatic N) is 2. The number of carbonyl (C=O) groups excluding carboxylic acids is 1. The number of hydrogen-bond acceptors (Lipinski definition) is 4. The molecule has 0 aliphatic heterocycles. The second-order valence-electron chi connectivity index (χ2n) is 6.35. The van der Waals surface area contributed by atoms with E-state index < -0.39 is 17.3 Å².